The van der Waals surface area contributed by atoms with Crippen molar-refractivity contribution in [2.75, 3.05) is 5.32 Å². The van der Waals surface area contributed by atoms with Crippen LogP contribution < -0.4 is 5.32 Å². The summed E-state index contributed by atoms with van der Waals surface area (Å²) in [6.07, 6.45) is 10.8. The minimum atomic E-state index is 0.156. The summed E-state index contributed by atoms with van der Waals surface area (Å²) in [5.74, 6) is 0.334. The third-order valence-corrected chi connectivity index (χ3v) is 4.01. The second kappa shape index (κ2) is 4.97. The molecule has 0 aromatic heterocycles. The Bertz CT molecular complexity index is 490. The first kappa shape index (κ1) is 11.5. The average Bonchev–Trinajstić information content (AvgIpc) is 2.87. The minimum absolute atomic E-state index is 0.156. The van der Waals surface area contributed by atoms with E-state index < -0.39 is 0 Å². The van der Waals surface area contributed by atoms with Crippen molar-refractivity contribution in [1.29, 1.82) is 0 Å². The summed E-state index contributed by atoms with van der Waals surface area (Å²) in [7, 11) is 0. The molecule has 2 heteroatoms. The normalized spacial score (nSPS) is 21.7. The van der Waals surface area contributed by atoms with E-state index in [-0.39, 0.29) is 11.8 Å². The Morgan fingerprint density at radius 2 is 2.06 bits per heavy atom. The molecule has 0 aliphatic heterocycles. The molecule has 0 radical (unpaired) electrons. The molecule has 0 heterocycles. The number of hydrogen-bond donors (Lipinski definition) is 1. The fraction of sp³-hybridized carbons (Fsp3) is 0.438. The lowest BCUT2D eigenvalue weighted by atomic mass is 9.93. The topological polar surface area (TPSA) is 29.1 Å². The molecule has 0 fully saturated rings. The van der Waals surface area contributed by atoms with E-state index >= 15 is 0 Å². The molecule has 2 aliphatic rings. The van der Waals surface area contributed by atoms with Gasteiger partial charge < -0.3 is 5.32 Å². The Kier molecular flexibility index (Phi) is 3.18. The molecule has 0 bridgehead atoms. The smallest absolute Gasteiger partial charge is 0.227 e. The molecule has 1 amide bonds. The third-order valence-electron chi connectivity index (χ3n) is 4.01. The number of aryl methyl sites for hydroxylation is 2. The molecule has 2 aliphatic carbocycles. The number of benzene rings is 1. The van der Waals surface area contributed by atoms with Crippen molar-refractivity contribution < 1.29 is 4.79 Å². The van der Waals surface area contributed by atoms with Gasteiger partial charge in [-0.3, -0.25) is 4.79 Å². The van der Waals surface area contributed by atoms with Crippen LogP contribution in [0.2, 0.25) is 0 Å². The highest BCUT2D eigenvalue weighted by molar-refractivity contribution is 5.92. The first-order valence-corrected chi connectivity index (χ1v) is 6.90. The Morgan fingerprint density at radius 3 is 2.89 bits per heavy atom. The SMILES string of the molecule is O=C(Nc1ccc2c(c1)CCC2)[C@H]1CC=CCC1. The van der Waals surface area contributed by atoms with E-state index in [1.165, 1.54) is 24.0 Å². The molecule has 1 aromatic carbocycles. The first-order chi connectivity index (χ1) is 8.83. The second-order valence-corrected chi connectivity index (χ2v) is 5.31. The van der Waals surface area contributed by atoms with Crippen LogP contribution in [0.4, 0.5) is 5.69 Å². The molecule has 0 saturated carbocycles. The Hall–Kier alpha value is -1.57. The second-order valence-electron chi connectivity index (χ2n) is 5.31. The lowest BCUT2D eigenvalue weighted by Crippen LogP contribution is -2.23. The molecule has 2 nitrogen and oxygen atoms in total. The number of amides is 1. The summed E-state index contributed by atoms with van der Waals surface area (Å²) < 4.78 is 0. The summed E-state index contributed by atoms with van der Waals surface area (Å²) in [4.78, 5) is 12.1. The minimum Gasteiger partial charge on any atom is -0.326 e. The fourth-order valence-electron chi connectivity index (χ4n) is 2.93. The van der Waals surface area contributed by atoms with Gasteiger partial charge in [-0.2, -0.15) is 0 Å². The molecule has 3 rings (SSSR count). The van der Waals surface area contributed by atoms with E-state index in [0.717, 1.165) is 31.4 Å². The van der Waals surface area contributed by atoms with Gasteiger partial charge in [-0.1, -0.05) is 18.2 Å². The maximum atomic E-state index is 12.1. The monoisotopic (exact) mass is 241 g/mol. The van der Waals surface area contributed by atoms with Crippen LogP contribution in [0.5, 0.6) is 0 Å². The highest BCUT2D eigenvalue weighted by Gasteiger charge is 2.19. The summed E-state index contributed by atoms with van der Waals surface area (Å²) in [6, 6.07) is 6.36. The quantitative estimate of drug-likeness (QED) is 0.789. The predicted molar refractivity (Wildman–Crippen MR) is 73.6 cm³/mol. The van der Waals surface area contributed by atoms with Crippen molar-refractivity contribution in [2.24, 2.45) is 5.92 Å². The number of hydrogen-bond acceptors (Lipinski definition) is 1. The molecule has 0 unspecified atom stereocenters. The summed E-state index contributed by atoms with van der Waals surface area (Å²) in [6.45, 7) is 0. The van der Waals surface area contributed by atoms with Gasteiger partial charge in [-0.05, 0) is 61.8 Å². The number of carbonyl (C=O) groups excluding carboxylic acids is 1. The van der Waals surface area contributed by atoms with E-state index in [1.54, 1.807) is 0 Å². The van der Waals surface area contributed by atoms with Crippen molar-refractivity contribution in [3.05, 3.63) is 41.5 Å². The van der Waals surface area contributed by atoms with Crippen LogP contribution in [0.1, 0.15) is 36.8 Å². The Morgan fingerprint density at radius 1 is 1.17 bits per heavy atom. The number of rotatable bonds is 2. The molecule has 18 heavy (non-hydrogen) atoms. The van der Waals surface area contributed by atoms with E-state index in [2.05, 4.69) is 29.6 Å². The van der Waals surface area contributed by atoms with E-state index in [1.807, 2.05) is 6.07 Å². The van der Waals surface area contributed by atoms with Crippen LogP contribution in [-0.4, -0.2) is 5.91 Å². The number of allylic oxidation sites excluding steroid dienone is 2. The Labute approximate surface area is 108 Å². The van der Waals surface area contributed by atoms with Crippen LogP contribution in [0, 0.1) is 5.92 Å². The van der Waals surface area contributed by atoms with Crippen LogP contribution in [0.25, 0.3) is 0 Å². The number of fused-ring (bicyclic) bond motifs is 1. The van der Waals surface area contributed by atoms with Gasteiger partial charge in [0.1, 0.15) is 0 Å². The zero-order valence-corrected chi connectivity index (χ0v) is 10.6. The van der Waals surface area contributed by atoms with Crippen molar-refractivity contribution in [1.82, 2.24) is 0 Å². The summed E-state index contributed by atoms with van der Waals surface area (Å²) in [5, 5.41) is 3.07. The van der Waals surface area contributed by atoms with Crippen molar-refractivity contribution >= 4 is 11.6 Å². The number of nitrogens with one attached hydrogen (secondary N) is 1. The standard InChI is InChI=1S/C16H19NO/c18-16(13-5-2-1-3-6-13)17-15-10-9-12-7-4-8-14(12)11-15/h1-2,9-11,13H,3-8H2,(H,17,18)/t13-/m0/s1. The van der Waals surface area contributed by atoms with Gasteiger partial charge >= 0.3 is 0 Å². The molecule has 0 saturated heterocycles. The molecule has 1 N–H and O–H groups in total. The zero-order chi connectivity index (χ0) is 12.4. The molecule has 1 aromatic rings. The van der Waals surface area contributed by atoms with Gasteiger partial charge in [0.05, 0.1) is 0 Å². The lowest BCUT2D eigenvalue weighted by molar-refractivity contribution is -0.120. The largest absolute Gasteiger partial charge is 0.326 e. The van der Waals surface area contributed by atoms with Gasteiger partial charge in [-0.15, -0.1) is 0 Å². The highest BCUT2D eigenvalue weighted by Crippen LogP contribution is 2.26. The summed E-state index contributed by atoms with van der Waals surface area (Å²) >= 11 is 0. The van der Waals surface area contributed by atoms with E-state index in [4.69, 9.17) is 0 Å². The molecule has 1 atom stereocenters. The summed E-state index contributed by atoms with van der Waals surface area (Å²) in [5.41, 5.74) is 3.83. The van der Waals surface area contributed by atoms with Crippen LogP contribution in [0.3, 0.4) is 0 Å². The van der Waals surface area contributed by atoms with Gasteiger partial charge in [0.2, 0.25) is 5.91 Å². The maximum absolute atomic E-state index is 12.1. The zero-order valence-electron chi connectivity index (χ0n) is 10.6. The average molecular weight is 241 g/mol. The van der Waals surface area contributed by atoms with Crippen LogP contribution >= 0.6 is 0 Å². The molecular formula is C16H19NO. The van der Waals surface area contributed by atoms with Gasteiger partial charge in [-0.25, -0.2) is 0 Å². The van der Waals surface area contributed by atoms with Gasteiger partial charge in [0.25, 0.3) is 0 Å². The molecular weight excluding hydrogens is 222 g/mol. The molecule has 0 spiro atoms. The maximum Gasteiger partial charge on any atom is 0.227 e. The van der Waals surface area contributed by atoms with E-state index in [0.29, 0.717) is 0 Å². The number of carbonyl (C=O) groups is 1. The van der Waals surface area contributed by atoms with Gasteiger partial charge in [0.15, 0.2) is 0 Å². The van der Waals surface area contributed by atoms with Gasteiger partial charge in [0, 0.05) is 11.6 Å². The fourth-order valence-corrected chi connectivity index (χ4v) is 2.93. The predicted octanol–water partition coefficient (Wildman–Crippen LogP) is 3.47. The van der Waals surface area contributed by atoms with Crippen molar-refractivity contribution in [3.63, 3.8) is 0 Å². The van der Waals surface area contributed by atoms with Crippen molar-refractivity contribution in [2.45, 2.75) is 38.5 Å². The Balaban J connectivity index is 1.68. The molecule has 94 valence electrons. The third kappa shape index (κ3) is 2.33. The van der Waals surface area contributed by atoms with Crippen LogP contribution in [-0.2, 0) is 17.6 Å². The lowest BCUT2D eigenvalue weighted by Gasteiger charge is -2.17. The highest BCUT2D eigenvalue weighted by atomic mass is 16.1. The number of anilines is 1. The van der Waals surface area contributed by atoms with Crippen LogP contribution in [0.15, 0.2) is 30.4 Å². The van der Waals surface area contributed by atoms with E-state index in [9.17, 15) is 4.79 Å². The van der Waals surface area contributed by atoms with Crippen molar-refractivity contribution in [3.8, 4) is 0 Å². The first-order valence-electron chi connectivity index (χ1n) is 6.90.